The van der Waals surface area contributed by atoms with Crippen molar-refractivity contribution in [3.8, 4) is 0 Å². The first kappa shape index (κ1) is 16.9. The average molecular weight is 296 g/mol. The summed E-state index contributed by atoms with van der Waals surface area (Å²) in [6.07, 6.45) is -0.00448. The van der Waals surface area contributed by atoms with E-state index in [1.165, 1.54) is 0 Å². The maximum absolute atomic E-state index is 15.4. The number of carboxylic acid groups (broad SMARTS) is 1. The molecule has 0 radical (unpaired) electrons. The van der Waals surface area contributed by atoms with Crippen LogP contribution in [0.2, 0.25) is 12.1 Å². The van der Waals surface area contributed by atoms with Gasteiger partial charge in [0.15, 0.2) is 0 Å². The molecule has 0 bridgehead atoms. The van der Waals surface area contributed by atoms with Crippen LogP contribution in [0.4, 0.5) is 4.11 Å². The van der Waals surface area contributed by atoms with E-state index in [1.54, 1.807) is 24.3 Å². The molecule has 0 heterocycles. The second kappa shape index (κ2) is 7.02. The smallest absolute Gasteiger partial charge is 0.307 e. The molecule has 112 valence electrons. The van der Waals surface area contributed by atoms with Crippen molar-refractivity contribution in [2.24, 2.45) is 11.8 Å². The summed E-state index contributed by atoms with van der Waals surface area (Å²) in [6, 6.07) is 8.37. The lowest BCUT2D eigenvalue weighted by atomic mass is 10.2. The molecular formula is C16H25FO2Si. The first-order chi connectivity index (χ1) is 9.23. The van der Waals surface area contributed by atoms with E-state index in [0.29, 0.717) is 23.9 Å². The van der Waals surface area contributed by atoms with Crippen LogP contribution in [0.1, 0.15) is 33.3 Å². The topological polar surface area (TPSA) is 37.3 Å². The summed E-state index contributed by atoms with van der Waals surface area (Å²) in [4.78, 5) is 10.7. The Morgan fingerprint density at radius 3 is 1.90 bits per heavy atom. The van der Waals surface area contributed by atoms with Gasteiger partial charge in [-0.2, -0.15) is 0 Å². The summed E-state index contributed by atoms with van der Waals surface area (Å²) >= 11 is 0. The number of rotatable bonds is 7. The molecule has 20 heavy (non-hydrogen) atoms. The second-order valence-electron chi connectivity index (χ2n) is 6.43. The number of benzene rings is 1. The van der Waals surface area contributed by atoms with Crippen molar-refractivity contribution < 1.29 is 14.0 Å². The Hall–Kier alpha value is -1.16. The van der Waals surface area contributed by atoms with Crippen LogP contribution >= 0.6 is 0 Å². The predicted octanol–water partition coefficient (Wildman–Crippen LogP) is 3.75. The Kier molecular flexibility index (Phi) is 5.93. The zero-order valence-electron chi connectivity index (χ0n) is 12.8. The molecule has 0 unspecified atom stereocenters. The number of halogens is 1. The van der Waals surface area contributed by atoms with Gasteiger partial charge in [0.1, 0.15) is 0 Å². The van der Waals surface area contributed by atoms with Crippen molar-refractivity contribution in [1.82, 2.24) is 0 Å². The molecule has 1 N–H and O–H groups in total. The Labute approximate surface area is 122 Å². The van der Waals surface area contributed by atoms with Gasteiger partial charge in [0, 0.05) is 0 Å². The highest BCUT2D eigenvalue weighted by molar-refractivity contribution is 6.86. The molecule has 1 aromatic rings. The Bertz CT molecular complexity index is 430. The Balaban J connectivity index is 2.98. The van der Waals surface area contributed by atoms with Gasteiger partial charge in [0.05, 0.1) is 6.42 Å². The molecule has 0 atom stereocenters. The van der Waals surface area contributed by atoms with Gasteiger partial charge in [-0.15, -0.1) is 0 Å². The minimum atomic E-state index is -2.96. The van der Waals surface area contributed by atoms with E-state index < -0.39 is 14.4 Å². The minimum Gasteiger partial charge on any atom is -0.481 e. The summed E-state index contributed by atoms with van der Waals surface area (Å²) in [5, 5.41) is 9.57. The molecule has 1 aromatic carbocycles. The van der Waals surface area contributed by atoms with Crippen molar-refractivity contribution >= 4 is 19.6 Å². The van der Waals surface area contributed by atoms with Crippen LogP contribution in [-0.4, -0.2) is 19.5 Å². The molecule has 0 amide bonds. The van der Waals surface area contributed by atoms with Crippen molar-refractivity contribution in [2.45, 2.75) is 46.2 Å². The minimum absolute atomic E-state index is 0.00448. The normalized spacial score (nSPS) is 12.2. The van der Waals surface area contributed by atoms with Gasteiger partial charge in [-0.25, -0.2) is 0 Å². The summed E-state index contributed by atoms with van der Waals surface area (Å²) in [5.41, 5.74) is 0.728. The molecule has 4 heteroatoms. The molecule has 2 nitrogen and oxygen atoms in total. The van der Waals surface area contributed by atoms with Gasteiger partial charge in [-0.05, 0) is 34.7 Å². The van der Waals surface area contributed by atoms with Crippen LogP contribution in [0.25, 0.3) is 0 Å². The zero-order valence-corrected chi connectivity index (χ0v) is 13.8. The largest absolute Gasteiger partial charge is 0.481 e. The van der Waals surface area contributed by atoms with E-state index in [0.717, 1.165) is 10.8 Å². The van der Waals surface area contributed by atoms with E-state index in [9.17, 15) is 4.79 Å². The van der Waals surface area contributed by atoms with Gasteiger partial charge >= 0.3 is 5.97 Å². The maximum Gasteiger partial charge on any atom is 0.307 e. The lowest BCUT2D eigenvalue weighted by Crippen LogP contribution is -2.45. The van der Waals surface area contributed by atoms with Gasteiger partial charge in [0.25, 0.3) is 8.41 Å². The highest BCUT2D eigenvalue weighted by Gasteiger charge is 2.37. The van der Waals surface area contributed by atoms with Crippen molar-refractivity contribution in [3.05, 3.63) is 29.8 Å². The third kappa shape index (κ3) is 5.08. The number of aliphatic carboxylic acids is 1. The highest BCUT2D eigenvalue weighted by Crippen LogP contribution is 2.26. The van der Waals surface area contributed by atoms with Gasteiger partial charge in [-0.3, -0.25) is 4.79 Å². The quantitative estimate of drug-likeness (QED) is 0.614. The van der Waals surface area contributed by atoms with Gasteiger partial charge in [0.2, 0.25) is 0 Å². The first-order valence-electron chi connectivity index (χ1n) is 7.23. The van der Waals surface area contributed by atoms with E-state index >= 15 is 4.11 Å². The molecule has 0 aliphatic rings. The zero-order chi connectivity index (χ0) is 15.3. The van der Waals surface area contributed by atoms with Gasteiger partial charge < -0.3 is 9.21 Å². The second-order valence-corrected chi connectivity index (χ2v) is 9.75. The molecule has 0 aromatic heterocycles. The van der Waals surface area contributed by atoms with E-state index in [4.69, 9.17) is 5.11 Å². The van der Waals surface area contributed by atoms with Crippen LogP contribution in [-0.2, 0) is 11.2 Å². The molecule has 0 fully saturated rings. The predicted molar refractivity (Wildman–Crippen MR) is 83.6 cm³/mol. The van der Waals surface area contributed by atoms with E-state index in [1.807, 2.05) is 0 Å². The molecule has 0 aliphatic carbocycles. The van der Waals surface area contributed by atoms with Crippen LogP contribution in [0.5, 0.6) is 0 Å². The highest BCUT2D eigenvalue weighted by atomic mass is 28.4. The van der Waals surface area contributed by atoms with Crippen molar-refractivity contribution in [2.75, 3.05) is 0 Å². The molecule has 0 spiro atoms. The summed E-state index contributed by atoms with van der Waals surface area (Å²) in [6.45, 7) is 8.22. The average Bonchev–Trinajstić information content (AvgIpc) is 2.26. The Morgan fingerprint density at radius 2 is 1.55 bits per heavy atom. The van der Waals surface area contributed by atoms with Gasteiger partial charge in [-0.1, -0.05) is 52.0 Å². The SMILES string of the molecule is CC(C)C[Si](F)(CC(C)C)c1ccc(CC(=O)O)cc1. The molecule has 1 rings (SSSR count). The molecule has 0 saturated heterocycles. The Morgan fingerprint density at radius 1 is 1.10 bits per heavy atom. The molecule has 0 aliphatic heterocycles. The maximum atomic E-state index is 15.4. The van der Waals surface area contributed by atoms with E-state index in [-0.39, 0.29) is 6.42 Å². The lowest BCUT2D eigenvalue weighted by Gasteiger charge is -2.26. The van der Waals surface area contributed by atoms with Crippen LogP contribution < -0.4 is 5.19 Å². The number of hydrogen-bond acceptors (Lipinski definition) is 1. The third-order valence-corrected chi connectivity index (χ3v) is 7.59. The lowest BCUT2D eigenvalue weighted by molar-refractivity contribution is -0.136. The molecular weight excluding hydrogens is 271 g/mol. The summed E-state index contributed by atoms with van der Waals surface area (Å²) in [5.74, 6) is -0.181. The van der Waals surface area contributed by atoms with Crippen molar-refractivity contribution in [1.29, 1.82) is 0 Å². The van der Waals surface area contributed by atoms with Crippen LogP contribution in [0.15, 0.2) is 24.3 Å². The fraction of sp³-hybridized carbons (Fsp3) is 0.562. The molecule has 0 saturated carbocycles. The van der Waals surface area contributed by atoms with E-state index in [2.05, 4.69) is 27.7 Å². The monoisotopic (exact) mass is 296 g/mol. The standard InChI is InChI=1S/C16H25FO2Si/c1-12(2)10-20(17,11-13(3)4)15-7-5-14(6-8-15)9-16(18)19/h5-8,12-13H,9-11H2,1-4H3,(H,18,19). The fourth-order valence-electron chi connectivity index (χ4n) is 2.71. The first-order valence-corrected chi connectivity index (χ1v) is 9.52. The number of carboxylic acids is 1. The van der Waals surface area contributed by atoms with Crippen LogP contribution in [0.3, 0.4) is 0 Å². The summed E-state index contributed by atoms with van der Waals surface area (Å²) in [7, 11) is -2.96. The number of hydrogen-bond donors (Lipinski definition) is 1. The van der Waals surface area contributed by atoms with Crippen LogP contribution in [0, 0.1) is 11.8 Å². The van der Waals surface area contributed by atoms with Crippen molar-refractivity contribution in [3.63, 3.8) is 0 Å². The fourth-order valence-corrected chi connectivity index (χ4v) is 6.70. The summed E-state index contributed by atoms with van der Waals surface area (Å²) < 4.78 is 15.4. The number of carbonyl (C=O) groups is 1. The third-order valence-electron chi connectivity index (χ3n) is 3.29.